The molecule has 0 unspecified atom stereocenters. The Balaban J connectivity index is 1.73. The third-order valence-electron chi connectivity index (χ3n) is 3.24. The number of halogens is 2. The van der Waals surface area contributed by atoms with Gasteiger partial charge in [-0.25, -0.2) is 17.8 Å². The van der Waals surface area contributed by atoms with Crippen molar-refractivity contribution in [2.24, 2.45) is 0 Å². The number of rotatable bonds is 5. The van der Waals surface area contributed by atoms with E-state index in [0.717, 1.165) is 17.8 Å². The normalized spacial score (nSPS) is 11.1. The lowest BCUT2D eigenvalue weighted by atomic mass is 10.3. The highest BCUT2D eigenvalue weighted by molar-refractivity contribution is 7.92. The van der Waals surface area contributed by atoms with Gasteiger partial charge in [0.2, 0.25) is 0 Å². The molecule has 0 bridgehead atoms. The van der Waals surface area contributed by atoms with Crippen LogP contribution in [0.5, 0.6) is 0 Å². The molecule has 1 aromatic heterocycles. The molecular weight excluding hydrogens is 365 g/mol. The highest BCUT2D eigenvalue weighted by Crippen LogP contribution is 2.21. The second-order valence-corrected chi connectivity index (χ2v) is 7.25. The zero-order valence-electron chi connectivity index (χ0n) is 12.8. The van der Waals surface area contributed by atoms with Gasteiger partial charge in [-0.15, -0.1) is 0 Å². The van der Waals surface area contributed by atoms with Crippen molar-refractivity contribution >= 4 is 38.8 Å². The summed E-state index contributed by atoms with van der Waals surface area (Å²) in [6.45, 7) is 0. The lowest BCUT2D eigenvalue weighted by molar-refractivity contribution is 0.599. The fourth-order valence-electron chi connectivity index (χ4n) is 2.07. The lowest BCUT2D eigenvalue weighted by Gasteiger charge is -2.09. The molecule has 0 aliphatic rings. The maximum Gasteiger partial charge on any atom is 0.261 e. The number of hydrogen-bond acceptors (Lipinski definition) is 4. The van der Waals surface area contributed by atoms with Crippen LogP contribution in [0.15, 0.2) is 71.8 Å². The van der Waals surface area contributed by atoms with Crippen molar-refractivity contribution in [3.8, 4) is 0 Å². The zero-order chi connectivity index (χ0) is 17.9. The van der Waals surface area contributed by atoms with Crippen molar-refractivity contribution in [3.63, 3.8) is 0 Å². The molecule has 0 aliphatic heterocycles. The minimum Gasteiger partial charge on any atom is -0.340 e. The van der Waals surface area contributed by atoms with Gasteiger partial charge >= 0.3 is 0 Å². The summed E-state index contributed by atoms with van der Waals surface area (Å²) in [6.07, 6.45) is 1.38. The lowest BCUT2D eigenvalue weighted by Crippen LogP contribution is -2.13. The first-order valence-electron chi connectivity index (χ1n) is 7.19. The van der Waals surface area contributed by atoms with E-state index in [1.807, 2.05) is 6.07 Å². The predicted octanol–water partition coefficient (Wildman–Crippen LogP) is 4.42. The summed E-state index contributed by atoms with van der Waals surface area (Å²) in [6, 6.07) is 14.9. The zero-order valence-corrected chi connectivity index (χ0v) is 14.4. The Hall–Kier alpha value is -2.64. The summed E-state index contributed by atoms with van der Waals surface area (Å²) in [5, 5.41) is 3.65. The van der Waals surface area contributed by atoms with Crippen LogP contribution in [0.2, 0.25) is 5.02 Å². The number of nitrogens with zero attached hydrogens (tertiary/aromatic N) is 1. The first kappa shape index (κ1) is 17.2. The molecule has 5 nitrogen and oxygen atoms in total. The van der Waals surface area contributed by atoms with E-state index in [2.05, 4.69) is 15.0 Å². The number of nitrogens with one attached hydrogen (secondary N) is 2. The van der Waals surface area contributed by atoms with E-state index in [-0.39, 0.29) is 4.90 Å². The molecule has 0 saturated carbocycles. The summed E-state index contributed by atoms with van der Waals surface area (Å²) in [5.41, 5.74) is 1.06. The molecule has 128 valence electrons. The Kier molecular flexibility index (Phi) is 4.87. The second-order valence-electron chi connectivity index (χ2n) is 5.13. The fourth-order valence-corrected chi connectivity index (χ4v) is 3.30. The van der Waals surface area contributed by atoms with Crippen molar-refractivity contribution in [2.45, 2.75) is 4.90 Å². The first-order chi connectivity index (χ1) is 11.9. The van der Waals surface area contributed by atoms with Crippen LogP contribution < -0.4 is 10.0 Å². The molecule has 0 aliphatic carbocycles. The van der Waals surface area contributed by atoms with Crippen molar-refractivity contribution in [1.82, 2.24) is 4.98 Å². The molecule has 0 spiro atoms. The quantitative estimate of drug-likeness (QED) is 0.690. The third-order valence-corrected chi connectivity index (χ3v) is 4.87. The molecule has 25 heavy (non-hydrogen) atoms. The van der Waals surface area contributed by atoms with E-state index in [0.29, 0.717) is 16.5 Å². The van der Waals surface area contributed by atoms with Gasteiger partial charge in [-0.05, 0) is 54.6 Å². The third kappa shape index (κ3) is 4.46. The van der Waals surface area contributed by atoms with Gasteiger partial charge in [-0.3, -0.25) is 4.72 Å². The molecule has 0 radical (unpaired) electrons. The van der Waals surface area contributed by atoms with Crippen LogP contribution in [0.1, 0.15) is 0 Å². The molecule has 3 rings (SSSR count). The molecule has 0 amide bonds. The largest absolute Gasteiger partial charge is 0.340 e. The van der Waals surface area contributed by atoms with Gasteiger partial charge in [0.1, 0.15) is 11.6 Å². The number of aromatic nitrogens is 1. The summed E-state index contributed by atoms with van der Waals surface area (Å²) < 4.78 is 39.8. The molecule has 0 atom stereocenters. The van der Waals surface area contributed by atoms with E-state index >= 15 is 0 Å². The number of sulfonamides is 1. The van der Waals surface area contributed by atoms with Crippen molar-refractivity contribution < 1.29 is 12.8 Å². The average Bonchev–Trinajstić information content (AvgIpc) is 2.57. The number of benzene rings is 2. The van der Waals surface area contributed by atoms with Crippen molar-refractivity contribution in [1.29, 1.82) is 0 Å². The van der Waals surface area contributed by atoms with E-state index in [1.165, 1.54) is 18.3 Å². The average molecular weight is 378 g/mol. The molecule has 0 saturated heterocycles. The standard InChI is InChI=1S/C17H13ClFN3O2S/c18-12-2-1-3-14(10-12)21-17-9-6-15(11-20-17)22-25(23,24)16-7-4-13(19)5-8-16/h1-11,22H,(H,20,21). The van der Waals surface area contributed by atoms with Gasteiger partial charge in [0.05, 0.1) is 16.8 Å². The van der Waals surface area contributed by atoms with Gasteiger partial charge in [-0.1, -0.05) is 17.7 Å². The van der Waals surface area contributed by atoms with Gasteiger partial charge in [0, 0.05) is 10.7 Å². The number of pyridine rings is 1. The van der Waals surface area contributed by atoms with Crippen LogP contribution in [0, 0.1) is 5.82 Å². The van der Waals surface area contributed by atoms with Crippen LogP contribution >= 0.6 is 11.6 Å². The van der Waals surface area contributed by atoms with E-state index in [4.69, 9.17) is 11.6 Å². The van der Waals surface area contributed by atoms with Gasteiger partial charge < -0.3 is 5.32 Å². The molecule has 8 heteroatoms. The van der Waals surface area contributed by atoms with Gasteiger partial charge in [0.25, 0.3) is 10.0 Å². The van der Waals surface area contributed by atoms with Gasteiger partial charge in [0.15, 0.2) is 0 Å². The maximum atomic E-state index is 12.9. The Bertz CT molecular complexity index is 978. The SMILES string of the molecule is O=S(=O)(Nc1ccc(Nc2cccc(Cl)c2)nc1)c1ccc(F)cc1. The van der Waals surface area contributed by atoms with Crippen LogP contribution in [0.25, 0.3) is 0 Å². The number of hydrogen-bond donors (Lipinski definition) is 2. The smallest absolute Gasteiger partial charge is 0.261 e. The molecule has 1 heterocycles. The molecular formula is C17H13ClFN3O2S. The molecule has 2 aromatic carbocycles. The Morgan fingerprint density at radius 1 is 0.960 bits per heavy atom. The van der Waals surface area contributed by atoms with Crippen LogP contribution in [-0.2, 0) is 10.0 Å². The minimum atomic E-state index is -3.80. The monoisotopic (exact) mass is 377 g/mol. The van der Waals surface area contributed by atoms with Gasteiger partial charge in [-0.2, -0.15) is 0 Å². The number of anilines is 3. The van der Waals surface area contributed by atoms with Crippen LogP contribution in [0.4, 0.5) is 21.6 Å². The molecule has 0 fully saturated rings. The highest BCUT2D eigenvalue weighted by Gasteiger charge is 2.14. The molecule has 2 N–H and O–H groups in total. The topological polar surface area (TPSA) is 71.1 Å². The van der Waals surface area contributed by atoms with Crippen molar-refractivity contribution in [2.75, 3.05) is 10.0 Å². The minimum absolute atomic E-state index is 0.0324. The highest BCUT2D eigenvalue weighted by atomic mass is 35.5. The van der Waals surface area contributed by atoms with Crippen molar-refractivity contribution in [3.05, 3.63) is 77.7 Å². The Labute approximate surface area is 149 Å². The Morgan fingerprint density at radius 3 is 2.36 bits per heavy atom. The van der Waals surface area contributed by atoms with E-state index in [1.54, 1.807) is 30.3 Å². The first-order valence-corrected chi connectivity index (χ1v) is 9.05. The predicted molar refractivity (Wildman–Crippen MR) is 96.2 cm³/mol. The summed E-state index contributed by atoms with van der Waals surface area (Å²) in [5.74, 6) is 0.0315. The van der Waals surface area contributed by atoms with Crippen LogP contribution in [0.3, 0.4) is 0 Å². The summed E-state index contributed by atoms with van der Waals surface area (Å²) in [7, 11) is -3.80. The second kappa shape index (κ2) is 7.08. The molecule has 3 aromatic rings. The maximum absolute atomic E-state index is 12.9. The van der Waals surface area contributed by atoms with E-state index < -0.39 is 15.8 Å². The Morgan fingerprint density at radius 2 is 1.72 bits per heavy atom. The van der Waals surface area contributed by atoms with E-state index in [9.17, 15) is 12.8 Å². The summed E-state index contributed by atoms with van der Waals surface area (Å²) >= 11 is 5.92. The summed E-state index contributed by atoms with van der Waals surface area (Å²) in [4.78, 5) is 4.12. The van der Waals surface area contributed by atoms with Crippen LogP contribution in [-0.4, -0.2) is 13.4 Å². The fraction of sp³-hybridized carbons (Fsp3) is 0.